The van der Waals surface area contributed by atoms with Crippen LogP contribution in [0, 0.1) is 0 Å². The smallest absolute Gasteiger partial charge is 0.169 e. The minimum Gasteiger partial charge on any atom is -0.453 e. The van der Waals surface area contributed by atoms with Gasteiger partial charge in [0.15, 0.2) is 4.67 Å². The van der Waals surface area contributed by atoms with Crippen molar-refractivity contribution in [3.8, 4) is 0 Å². The highest BCUT2D eigenvalue weighted by molar-refractivity contribution is 9.10. The molecule has 10 heavy (non-hydrogen) atoms. The van der Waals surface area contributed by atoms with Crippen molar-refractivity contribution in [3.63, 3.8) is 0 Å². The predicted molar refractivity (Wildman–Crippen MR) is 42.4 cm³/mol. The van der Waals surface area contributed by atoms with E-state index in [1.807, 2.05) is 6.07 Å². The van der Waals surface area contributed by atoms with E-state index in [0.717, 1.165) is 5.76 Å². The Bertz CT molecular complexity index is 211. The molecule has 56 valence electrons. The lowest BCUT2D eigenvalue weighted by atomic mass is 10.2. The predicted octanol–water partition coefficient (Wildman–Crippen LogP) is 1.00. The summed E-state index contributed by atoms with van der Waals surface area (Å²) in [6.07, 6.45) is 0. The van der Waals surface area contributed by atoms with Crippen LogP contribution in [0.5, 0.6) is 0 Å². The maximum Gasteiger partial charge on any atom is 0.169 e. The van der Waals surface area contributed by atoms with Gasteiger partial charge in [0.2, 0.25) is 0 Å². The maximum absolute atomic E-state index is 5.57. The fraction of sp³-hybridized carbons (Fsp3) is 0.333. The summed E-state index contributed by atoms with van der Waals surface area (Å²) >= 11 is 3.17. The number of hydrogen-bond donors (Lipinski definition) is 2. The molecule has 0 saturated heterocycles. The van der Waals surface area contributed by atoms with Crippen LogP contribution < -0.4 is 11.5 Å². The second-order valence-corrected chi connectivity index (χ2v) is 2.77. The van der Waals surface area contributed by atoms with Gasteiger partial charge in [-0.25, -0.2) is 0 Å². The molecule has 0 amide bonds. The van der Waals surface area contributed by atoms with Crippen molar-refractivity contribution >= 4 is 15.9 Å². The molecule has 4 heteroatoms. The van der Waals surface area contributed by atoms with Crippen molar-refractivity contribution in [2.24, 2.45) is 11.5 Å². The number of nitrogens with two attached hydrogens (primary N) is 2. The quantitative estimate of drug-likeness (QED) is 0.756. The summed E-state index contributed by atoms with van der Waals surface area (Å²) in [6.45, 7) is 0.403. The summed E-state index contributed by atoms with van der Waals surface area (Å²) in [5.74, 6) is 0.717. The Morgan fingerprint density at radius 2 is 2.30 bits per heavy atom. The van der Waals surface area contributed by atoms with Gasteiger partial charge < -0.3 is 15.9 Å². The summed E-state index contributed by atoms with van der Waals surface area (Å²) < 4.78 is 5.83. The van der Waals surface area contributed by atoms with Gasteiger partial charge in [-0.2, -0.15) is 0 Å². The molecule has 0 fully saturated rings. The van der Waals surface area contributed by atoms with Crippen molar-refractivity contribution in [1.29, 1.82) is 0 Å². The molecule has 1 atom stereocenters. The first kappa shape index (κ1) is 7.78. The SMILES string of the molecule is NCC(N)c1ccc(Br)o1. The Labute approximate surface area is 67.5 Å². The lowest BCUT2D eigenvalue weighted by Gasteiger charge is -2.02. The van der Waals surface area contributed by atoms with E-state index in [1.165, 1.54) is 0 Å². The summed E-state index contributed by atoms with van der Waals surface area (Å²) in [5.41, 5.74) is 10.9. The van der Waals surface area contributed by atoms with Crippen LogP contribution in [0.1, 0.15) is 11.8 Å². The van der Waals surface area contributed by atoms with Crippen molar-refractivity contribution < 1.29 is 4.42 Å². The summed E-state index contributed by atoms with van der Waals surface area (Å²) in [6, 6.07) is 3.42. The monoisotopic (exact) mass is 204 g/mol. The van der Waals surface area contributed by atoms with Gasteiger partial charge in [0.25, 0.3) is 0 Å². The topological polar surface area (TPSA) is 65.2 Å². The first-order chi connectivity index (χ1) is 4.74. The highest BCUT2D eigenvalue weighted by Gasteiger charge is 2.06. The van der Waals surface area contributed by atoms with Crippen molar-refractivity contribution in [2.75, 3.05) is 6.54 Å². The van der Waals surface area contributed by atoms with Crippen LogP contribution in [0.4, 0.5) is 0 Å². The standard InChI is InChI=1S/C6H9BrN2O/c7-6-2-1-5(10-6)4(9)3-8/h1-2,4H,3,8-9H2. The first-order valence-corrected chi connectivity index (χ1v) is 3.74. The van der Waals surface area contributed by atoms with Crippen LogP contribution >= 0.6 is 15.9 Å². The van der Waals surface area contributed by atoms with Gasteiger partial charge in [0.1, 0.15) is 5.76 Å². The molecule has 0 spiro atoms. The molecule has 0 aromatic carbocycles. The Balaban J connectivity index is 2.74. The van der Waals surface area contributed by atoms with Gasteiger partial charge in [-0.15, -0.1) is 0 Å². The number of furan rings is 1. The lowest BCUT2D eigenvalue weighted by Crippen LogP contribution is -2.19. The van der Waals surface area contributed by atoms with Crippen molar-refractivity contribution in [1.82, 2.24) is 0 Å². The normalized spacial score (nSPS) is 13.5. The van der Waals surface area contributed by atoms with Crippen LogP contribution in [0.3, 0.4) is 0 Å². The number of halogens is 1. The zero-order valence-corrected chi connectivity index (χ0v) is 6.97. The molecule has 1 unspecified atom stereocenters. The second-order valence-electron chi connectivity index (χ2n) is 1.98. The molecule has 3 nitrogen and oxygen atoms in total. The molecular formula is C6H9BrN2O. The molecule has 0 aliphatic rings. The third-order valence-corrected chi connectivity index (χ3v) is 1.64. The van der Waals surface area contributed by atoms with Gasteiger partial charge >= 0.3 is 0 Å². The molecule has 1 heterocycles. The number of hydrogen-bond acceptors (Lipinski definition) is 3. The van der Waals surface area contributed by atoms with Crippen molar-refractivity contribution in [2.45, 2.75) is 6.04 Å². The van der Waals surface area contributed by atoms with Crippen LogP contribution in [-0.2, 0) is 0 Å². The average Bonchev–Trinajstić information content (AvgIpc) is 2.34. The van der Waals surface area contributed by atoms with Crippen LogP contribution in [0.15, 0.2) is 21.2 Å². The average molecular weight is 205 g/mol. The minimum absolute atomic E-state index is 0.189. The molecular weight excluding hydrogens is 196 g/mol. The van der Waals surface area contributed by atoms with Crippen LogP contribution in [-0.4, -0.2) is 6.54 Å². The van der Waals surface area contributed by atoms with Crippen LogP contribution in [0.25, 0.3) is 0 Å². The third kappa shape index (κ3) is 1.59. The fourth-order valence-electron chi connectivity index (χ4n) is 0.644. The summed E-state index contributed by atoms with van der Waals surface area (Å²) in [7, 11) is 0. The van der Waals surface area contributed by atoms with Gasteiger partial charge in [0.05, 0.1) is 6.04 Å². The molecule has 1 rings (SSSR count). The highest BCUT2D eigenvalue weighted by atomic mass is 79.9. The summed E-state index contributed by atoms with van der Waals surface area (Å²) in [4.78, 5) is 0. The van der Waals surface area contributed by atoms with E-state index in [4.69, 9.17) is 15.9 Å². The number of rotatable bonds is 2. The Morgan fingerprint density at radius 1 is 1.60 bits per heavy atom. The molecule has 1 aromatic heterocycles. The molecule has 0 aliphatic carbocycles. The lowest BCUT2D eigenvalue weighted by molar-refractivity contribution is 0.452. The van der Waals surface area contributed by atoms with E-state index in [9.17, 15) is 0 Å². The first-order valence-electron chi connectivity index (χ1n) is 2.95. The van der Waals surface area contributed by atoms with E-state index < -0.39 is 0 Å². The molecule has 0 saturated carbocycles. The Hall–Kier alpha value is -0.320. The molecule has 0 aliphatic heterocycles. The van der Waals surface area contributed by atoms with E-state index in [1.54, 1.807) is 6.07 Å². The summed E-state index contributed by atoms with van der Waals surface area (Å²) in [5, 5.41) is 0. The zero-order valence-electron chi connectivity index (χ0n) is 5.38. The minimum atomic E-state index is -0.189. The molecule has 4 N–H and O–H groups in total. The largest absolute Gasteiger partial charge is 0.453 e. The van der Waals surface area contributed by atoms with E-state index in [2.05, 4.69) is 15.9 Å². The zero-order chi connectivity index (χ0) is 7.56. The van der Waals surface area contributed by atoms with E-state index in [-0.39, 0.29) is 6.04 Å². The van der Waals surface area contributed by atoms with Gasteiger partial charge in [-0.1, -0.05) is 0 Å². The van der Waals surface area contributed by atoms with Gasteiger partial charge in [-0.3, -0.25) is 0 Å². The maximum atomic E-state index is 5.57. The van der Waals surface area contributed by atoms with E-state index >= 15 is 0 Å². The Morgan fingerprint density at radius 3 is 2.70 bits per heavy atom. The Kier molecular flexibility index (Phi) is 2.48. The van der Waals surface area contributed by atoms with Crippen LogP contribution in [0.2, 0.25) is 0 Å². The second kappa shape index (κ2) is 3.18. The third-order valence-electron chi connectivity index (χ3n) is 1.21. The molecule has 0 radical (unpaired) electrons. The van der Waals surface area contributed by atoms with Gasteiger partial charge in [0, 0.05) is 6.54 Å². The molecule has 0 bridgehead atoms. The van der Waals surface area contributed by atoms with Crippen molar-refractivity contribution in [3.05, 3.63) is 22.6 Å². The van der Waals surface area contributed by atoms with Gasteiger partial charge in [-0.05, 0) is 28.1 Å². The van der Waals surface area contributed by atoms with E-state index in [0.29, 0.717) is 11.2 Å². The molecule has 1 aromatic rings. The fourth-order valence-corrected chi connectivity index (χ4v) is 0.963. The highest BCUT2D eigenvalue weighted by Crippen LogP contribution is 2.17.